The molecule has 8 nitrogen and oxygen atoms in total. The highest BCUT2D eigenvalue weighted by Crippen LogP contribution is 2.32. The van der Waals surface area contributed by atoms with Crippen LogP contribution in [-0.4, -0.2) is 56.4 Å². The van der Waals surface area contributed by atoms with Gasteiger partial charge in [-0.1, -0.05) is 13.3 Å². The van der Waals surface area contributed by atoms with E-state index < -0.39 is 0 Å². The van der Waals surface area contributed by atoms with Gasteiger partial charge in [0, 0.05) is 49.7 Å². The minimum Gasteiger partial charge on any atom is -0.454 e. The Bertz CT molecular complexity index is 924. The lowest BCUT2D eigenvalue weighted by atomic mass is 10.1. The van der Waals surface area contributed by atoms with E-state index >= 15 is 0 Å². The van der Waals surface area contributed by atoms with Crippen LogP contribution in [0.5, 0.6) is 11.5 Å². The van der Waals surface area contributed by atoms with Crippen LogP contribution in [0, 0.1) is 0 Å². The number of piperazine rings is 1. The van der Waals surface area contributed by atoms with E-state index in [1.807, 2.05) is 29.2 Å². The van der Waals surface area contributed by atoms with Gasteiger partial charge < -0.3 is 29.9 Å². The number of benzene rings is 2. The molecule has 0 radical (unpaired) electrons. The Kier molecular flexibility index (Phi) is 6.45. The monoisotopic (exact) mass is 424 g/mol. The van der Waals surface area contributed by atoms with Gasteiger partial charge in [-0.2, -0.15) is 0 Å². The third-order valence-electron chi connectivity index (χ3n) is 5.50. The van der Waals surface area contributed by atoms with Crippen LogP contribution in [0.4, 0.5) is 16.2 Å². The van der Waals surface area contributed by atoms with Gasteiger partial charge in [-0.3, -0.25) is 4.79 Å². The van der Waals surface area contributed by atoms with Crippen molar-refractivity contribution in [1.29, 1.82) is 0 Å². The Hall–Kier alpha value is -3.42. The third-order valence-corrected chi connectivity index (χ3v) is 5.50. The van der Waals surface area contributed by atoms with E-state index in [4.69, 9.17) is 9.47 Å². The SMILES string of the molecule is CCCCNC(=O)N1CCN(c2ccc(NC(=O)c3ccc4c(c3)OCO4)cc2)CC1. The van der Waals surface area contributed by atoms with Gasteiger partial charge in [0.2, 0.25) is 6.79 Å². The van der Waals surface area contributed by atoms with Crippen molar-refractivity contribution < 1.29 is 19.1 Å². The Morgan fingerprint density at radius 1 is 0.968 bits per heavy atom. The van der Waals surface area contributed by atoms with Crippen LogP contribution in [0.1, 0.15) is 30.1 Å². The van der Waals surface area contributed by atoms with Gasteiger partial charge in [0.05, 0.1) is 0 Å². The first-order valence-corrected chi connectivity index (χ1v) is 10.7. The van der Waals surface area contributed by atoms with Crippen molar-refractivity contribution in [3.05, 3.63) is 48.0 Å². The zero-order chi connectivity index (χ0) is 21.6. The van der Waals surface area contributed by atoms with E-state index in [9.17, 15) is 9.59 Å². The fourth-order valence-corrected chi connectivity index (χ4v) is 3.65. The van der Waals surface area contributed by atoms with Crippen LogP contribution in [0.25, 0.3) is 0 Å². The molecule has 0 aliphatic carbocycles. The van der Waals surface area contributed by atoms with Gasteiger partial charge in [-0.05, 0) is 48.9 Å². The van der Waals surface area contributed by atoms with Crippen LogP contribution in [-0.2, 0) is 0 Å². The van der Waals surface area contributed by atoms with E-state index in [1.54, 1.807) is 18.2 Å². The number of hydrogen-bond acceptors (Lipinski definition) is 5. The van der Waals surface area contributed by atoms with Gasteiger partial charge in [0.25, 0.3) is 5.91 Å². The predicted molar refractivity (Wildman–Crippen MR) is 119 cm³/mol. The number of ether oxygens (including phenoxy) is 2. The van der Waals surface area contributed by atoms with E-state index in [2.05, 4.69) is 22.5 Å². The van der Waals surface area contributed by atoms with Crippen LogP contribution < -0.4 is 25.0 Å². The average Bonchev–Trinajstić information content (AvgIpc) is 3.28. The number of carbonyl (C=O) groups is 2. The summed E-state index contributed by atoms with van der Waals surface area (Å²) < 4.78 is 10.6. The minimum atomic E-state index is -0.200. The molecule has 2 aliphatic heterocycles. The molecule has 1 fully saturated rings. The second-order valence-electron chi connectivity index (χ2n) is 7.63. The van der Waals surface area contributed by atoms with Crippen LogP contribution in [0.3, 0.4) is 0 Å². The lowest BCUT2D eigenvalue weighted by Crippen LogP contribution is -2.52. The fraction of sp³-hybridized carbons (Fsp3) is 0.391. The Morgan fingerprint density at radius 3 is 2.45 bits per heavy atom. The highest BCUT2D eigenvalue weighted by Gasteiger charge is 2.21. The molecule has 2 aromatic carbocycles. The van der Waals surface area contributed by atoms with Crippen molar-refractivity contribution in [2.24, 2.45) is 0 Å². The zero-order valence-corrected chi connectivity index (χ0v) is 17.7. The topological polar surface area (TPSA) is 83.1 Å². The molecular weight excluding hydrogens is 396 g/mol. The number of carbonyl (C=O) groups excluding carboxylic acids is 2. The molecule has 0 aromatic heterocycles. The smallest absolute Gasteiger partial charge is 0.317 e. The van der Waals surface area contributed by atoms with Crippen molar-refractivity contribution in [1.82, 2.24) is 10.2 Å². The second kappa shape index (κ2) is 9.59. The van der Waals surface area contributed by atoms with Crippen molar-refractivity contribution in [3.63, 3.8) is 0 Å². The van der Waals surface area contributed by atoms with Crippen molar-refractivity contribution in [3.8, 4) is 11.5 Å². The minimum absolute atomic E-state index is 0.0228. The molecule has 2 heterocycles. The molecule has 0 bridgehead atoms. The zero-order valence-electron chi connectivity index (χ0n) is 17.7. The fourth-order valence-electron chi connectivity index (χ4n) is 3.65. The van der Waals surface area contributed by atoms with Gasteiger partial charge >= 0.3 is 6.03 Å². The van der Waals surface area contributed by atoms with E-state index in [-0.39, 0.29) is 18.7 Å². The number of unbranched alkanes of at least 4 members (excludes halogenated alkanes) is 1. The summed E-state index contributed by atoms with van der Waals surface area (Å²) in [5, 5.41) is 5.89. The maximum absolute atomic E-state index is 12.5. The molecule has 164 valence electrons. The van der Waals surface area contributed by atoms with Gasteiger partial charge in [-0.25, -0.2) is 4.79 Å². The Balaban J connectivity index is 1.29. The number of hydrogen-bond donors (Lipinski definition) is 2. The second-order valence-corrected chi connectivity index (χ2v) is 7.63. The Morgan fingerprint density at radius 2 is 1.71 bits per heavy atom. The van der Waals surface area contributed by atoms with Gasteiger partial charge in [0.1, 0.15) is 0 Å². The number of urea groups is 1. The van der Waals surface area contributed by atoms with Crippen molar-refractivity contribution >= 4 is 23.3 Å². The molecule has 8 heteroatoms. The van der Waals surface area contributed by atoms with Crippen molar-refractivity contribution in [2.75, 3.05) is 49.7 Å². The maximum atomic E-state index is 12.5. The summed E-state index contributed by atoms with van der Waals surface area (Å²) in [7, 11) is 0. The summed E-state index contributed by atoms with van der Waals surface area (Å²) in [5.74, 6) is 1.04. The van der Waals surface area contributed by atoms with E-state index in [0.29, 0.717) is 30.2 Å². The summed E-state index contributed by atoms with van der Waals surface area (Å²) >= 11 is 0. The molecule has 0 atom stereocenters. The molecule has 2 N–H and O–H groups in total. The lowest BCUT2D eigenvalue weighted by Gasteiger charge is -2.36. The first-order chi connectivity index (χ1) is 15.1. The van der Waals surface area contributed by atoms with Crippen molar-refractivity contribution in [2.45, 2.75) is 19.8 Å². The molecule has 4 rings (SSSR count). The molecule has 3 amide bonds. The highest BCUT2D eigenvalue weighted by atomic mass is 16.7. The number of nitrogens with zero attached hydrogens (tertiary/aromatic N) is 2. The predicted octanol–water partition coefficient (Wildman–Crippen LogP) is 3.30. The number of amides is 3. The van der Waals surface area contributed by atoms with Crippen LogP contribution in [0.15, 0.2) is 42.5 Å². The molecule has 0 spiro atoms. The van der Waals surface area contributed by atoms with Gasteiger partial charge in [-0.15, -0.1) is 0 Å². The molecule has 31 heavy (non-hydrogen) atoms. The summed E-state index contributed by atoms with van der Waals surface area (Å²) in [6, 6.07) is 12.9. The largest absolute Gasteiger partial charge is 0.454 e. The van der Waals surface area contributed by atoms with Crippen LogP contribution >= 0.6 is 0 Å². The van der Waals surface area contributed by atoms with E-state index in [1.165, 1.54) is 0 Å². The standard InChI is InChI=1S/C23H28N4O4/c1-2-3-10-24-23(29)27-13-11-26(12-14-27)19-7-5-18(6-8-19)25-22(28)17-4-9-20-21(15-17)31-16-30-20/h4-9,15H,2-3,10-14,16H2,1H3,(H,24,29)(H,25,28). The Labute approximate surface area is 182 Å². The number of rotatable bonds is 6. The average molecular weight is 425 g/mol. The quantitative estimate of drug-likeness (QED) is 0.696. The third kappa shape index (κ3) is 5.02. The summed E-state index contributed by atoms with van der Waals surface area (Å²) in [4.78, 5) is 28.8. The van der Waals surface area contributed by atoms with E-state index in [0.717, 1.165) is 43.9 Å². The maximum Gasteiger partial charge on any atom is 0.317 e. The van der Waals surface area contributed by atoms with Gasteiger partial charge in [0.15, 0.2) is 11.5 Å². The first-order valence-electron chi connectivity index (χ1n) is 10.7. The first kappa shape index (κ1) is 20.8. The molecule has 0 unspecified atom stereocenters. The molecule has 2 aromatic rings. The molecule has 1 saturated heterocycles. The lowest BCUT2D eigenvalue weighted by molar-refractivity contribution is 0.102. The normalized spacial score (nSPS) is 15.0. The summed E-state index contributed by atoms with van der Waals surface area (Å²) in [6.07, 6.45) is 2.07. The molecule has 0 saturated carbocycles. The number of anilines is 2. The molecule has 2 aliphatic rings. The summed E-state index contributed by atoms with van der Waals surface area (Å²) in [5.41, 5.74) is 2.31. The summed E-state index contributed by atoms with van der Waals surface area (Å²) in [6.45, 7) is 5.98. The number of fused-ring (bicyclic) bond motifs is 1. The number of nitrogens with one attached hydrogen (secondary N) is 2. The molecular formula is C23H28N4O4. The highest BCUT2D eigenvalue weighted by molar-refractivity contribution is 6.04. The van der Waals surface area contributed by atoms with Crippen LogP contribution in [0.2, 0.25) is 0 Å².